The number of oxazole rings is 1. The van der Waals surface area contributed by atoms with Crippen LogP contribution in [0.25, 0.3) is 22.4 Å². The minimum absolute atomic E-state index is 0.000874. The van der Waals surface area contributed by atoms with Crippen LogP contribution in [-0.2, 0) is 15.7 Å². The molecule has 3 heterocycles. The van der Waals surface area contributed by atoms with Crippen LogP contribution >= 0.6 is 0 Å². The highest BCUT2D eigenvalue weighted by Crippen LogP contribution is 2.38. The zero-order chi connectivity index (χ0) is 27.1. The molecule has 0 aliphatic carbocycles. The summed E-state index contributed by atoms with van der Waals surface area (Å²) >= 11 is 0. The Morgan fingerprint density at radius 1 is 1.27 bits per heavy atom. The number of hydrogen-bond acceptors (Lipinski definition) is 9. The third kappa shape index (κ3) is 4.96. The number of hydrogen-bond donors (Lipinski definition) is 2. The molecule has 1 fully saturated rings. The highest BCUT2D eigenvalue weighted by atomic mass is 19.4. The molecule has 1 aliphatic rings. The number of fused-ring (bicyclic) bond motifs is 1. The van der Waals surface area contributed by atoms with Crippen molar-refractivity contribution in [2.24, 2.45) is 5.73 Å². The molecule has 0 radical (unpaired) electrons. The molecular weight excluding hydrogens is 497 g/mol. The molecule has 2 aromatic heterocycles. The van der Waals surface area contributed by atoms with Crippen molar-refractivity contribution in [1.29, 1.82) is 0 Å². The van der Waals surface area contributed by atoms with E-state index >= 15 is 0 Å². The molecule has 3 aromatic rings. The van der Waals surface area contributed by atoms with Crippen molar-refractivity contribution < 1.29 is 41.8 Å². The summed E-state index contributed by atoms with van der Waals surface area (Å²) in [5, 5.41) is 10.4. The number of aliphatic hydroxyl groups excluding tert-OH is 1. The molecule has 1 saturated heterocycles. The average Bonchev–Trinajstić information content (AvgIpc) is 3.46. The number of aliphatic hydroxyl groups is 1. The van der Waals surface area contributed by atoms with E-state index in [0.29, 0.717) is 0 Å². The summed E-state index contributed by atoms with van der Waals surface area (Å²) in [5.41, 5.74) is 4.92. The highest BCUT2D eigenvalue weighted by Gasteiger charge is 2.42. The van der Waals surface area contributed by atoms with Crippen molar-refractivity contribution in [3.8, 4) is 17.2 Å². The number of amides is 1. The number of halogens is 3. The van der Waals surface area contributed by atoms with E-state index in [9.17, 15) is 27.9 Å². The van der Waals surface area contributed by atoms with E-state index in [1.807, 2.05) is 0 Å². The molecule has 0 saturated carbocycles. The number of methoxy groups -OCH3 is 1. The maximum absolute atomic E-state index is 13.5. The van der Waals surface area contributed by atoms with Gasteiger partial charge in [0.15, 0.2) is 11.5 Å². The van der Waals surface area contributed by atoms with Gasteiger partial charge in [-0.2, -0.15) is 13.2 Å². The Morgan fingerprint density at radius 2 is 2.00 bits per heavy atom. The van der Waals surface area contributed by atoms with Crippen LogP contribution < -0.4 is 10.5 Å². The van der Waals surface area contributed by atoms with Crippen molar-refractivity contribution in [3.05, 3.63) is 41.4 Å². The fourth-order valence-electron chi connectivity index (χ4n) is 4.25. The third-order valence-electron chi connectivity index (χ3n) is 5.93. The largest absolute Gasteiger partial charge is 0.494 e. The Labute approximate surface area is 209 Å². The van der Waals surface area contributed by atoms with Crippen LogP contribution in [-0.4, -0.2) is 64.3 Å². The summed E-state index contributed by atoms with van der Waals surface area (Å²) in [7, 11) is 1.30. The van der Waals surface area contributed by atoms with Crippen LogP contribution in [0.15, 0.2) is 28.7 Å². The number of β-amino-alcohol motifs (C(OH)–C–C–N with tert-alkyl or cyclic N) is 1. The van der Waals surface area contributed by atoms with E-state index in [0.717, 1.165) is 11.0 Å². The van der Waals surface area contributed by atoms with Gasteiger partial charge in [0.1, 0.15) is 23.0 Å². The maximum Gasteiger partial charge on any atom is 0.433 e. The Hall–Kier alpha value is -3.71. The molecule has 1 aliphatic heterocycles. The normalized spacial score (nSPS) is 18.8. The molecule has 10 nitrogen and oxygen atoms in total. The van der Waals surface area contributed by atoms with E-state index in [-0.39, 0.29) is 59.1 Å². The number of ether oxygens (including phenoxy) is 2. The van der Waals surface area contributed by atoms with E-state index in [4.69, 9.17) is 19.6 Å². The summed E-state index contributed by atoms with van der Waals surface area (Å²) in [4.78, 5) is 35.1. The van der Waals surface area contributed by atoms with Crippen molar-refractivity contribution in [3.63, 3.8) is 0 Å². The van der Waals surface area contributed by atoms with Gasteiger partial charge in [-0.05, 0) is 38.1 Å². The van der Waals surface area contributed by atoms with Gasteiger partial charge in [0.2, 0.25) is 5.89 Å². The number of carbonyl (C=O) groups is 2. The standard InChI is InChI=1S/C24H25F3N4O6/c1-4-36-23(34)15-9-12(32)10-31(15)22(33)19-20(11(2)28)37-21(30-19)14-5-7-16(35-3)18-13(14)6-8-17(29-18)24(25,26)27/h5-8,11-12,15,32H,4,9-10,28H2,1-3H3/t11-,12+,15-/m0/s1. The second-order valence-corrected chi connectivity index (χ2v) is 8.54. The first-order valence-electron chi connectivity index (χ1n) is 11.4. The fraction of sp³-hybridized carbons (Fsp3) is 0.417. The average molecular weight is 522 g/mol. The first kappa shape index (κ1) is 26.4. The van der Waals surface area contributed by atoms with Gasteiger partial charge in [0.05, 0.1) is 25.9 Å². The number of likely N-dealkylation sites (tertiary alicyclic amines) is 1. The molecule has 1 aromatic carbocycles. The summed E-state index contributed by atoms with van der Waals surface area (Å²) in [6.45, 7) is 3.16. The molecule has 13 heteroatoms. The predicted molar refractivity (Wildman–Crippen MR) is 123 cm³/mol. The van der Waals surface area contributed by atoms with Crippen molar-refractivity contribution in [2.75, 3.05) is 20.3 Å². The topological polar surface area (TPSA) is 141 Å². The summed E-state index contributed by atoms with van der Waals surface area (Å²) in [6.07, 6.45) is -5.61. The van der Waals surface area contributed by atoms with Gasteiger partial charge in [-0.3, -0.25) is 4.79 Å². The summed E-state index contributed by atoms with van der Waals surface area (Å²) in [6, 6.07) is 3.15. The highest BCUT2D eigenvalue weighted by molar-refractivity contribution is 5.99. The second kappa shape index (κ2) is 9.98. The number of aromatic nitrogens is 2. The van der Waals surface area contributed by atoms with Gasteiger partial charge < -0.3 is 29.6 Å². The van der Waals surface area contributed by atoms with Crippen molar-refractivity contribution >= 4 is 22.8 Å². The second-order valence-electron chi connectivity index (χ2n) is 8.54. The molecule has 3 atom stereocenters. The van der Waals surface area contributed by atoms with Crippen LogP contribution in [0.2, 0.25) is 0 Å². The number of rotatable bonds is 6. The monoisotopic (exact) mass is 522 g/mol. The number of nitrogens with two attached hydrogens (primary N) is 1. The first-order valence-corrected chi connectivity index (χ1v) is 11.4. The molecule has 37 heavy (non-hydrogen) atoms. The van der Waals surface area contributed by atoms with E-state index < -0.39 is 41.9 Å². The van der Waals surface area contributed by atoms with Gasteiger partial charge in [-0.15, -0.1) is 0 Å². The third-order valence-corrected chi connectivity index (χ3v) is 5.93. The zero-order valence-corrected chi connectivity index (χ0v) is 20.2. The molecule has 0 unspecified atom stereocenters. The van der Waals surface area contributed by atoms with Gasteiger partial charge in [-0.25, -0.2) is 14.8 Å². The van der Waals surface area contributed by atoms with Crippen LogP contribution in [0.3, 0.4) is 0 Å². The van der Waals surface area contributed by atoms with Crippen molar-refractivity contribution in [2.45, 2.75) is 44.6 Å². The lowest BCUT2D eigenvalue weighted by molar-refractivity contribution is -0.147. The van der Waals surface area contributed by atoms with Crippen LogP contribution in [0.5, 0.6) is 5.75 Å². The summed E-state index contributed by atoms with van der Waals surface area (Å²) < 4.78 is 55.9. The van der Waals surface area contributed by atoms with Crippen molar-refractivity contribution in [1.82, 2.24) is 14.9 Å². The molecule has 1 amide bonds. The van der Waals surface area contributed by atoms with E-state index in [1.54, 1.807) is 13.8 Å². The van der Waals surface area contributed by atoms with Crippen LogP contribution in [0.4, 0.5) is 13.2 Å². The lowest BCUT2D eigenvalue weighted by Gasteiger charge is -2.22. The smallest absolute Gasteiger partial charge is 0.433 e. The minimum atomic E-state index is -4.67. The number of alkyl halides is 3. The number of nitrogens with zero attached hydrogens (tertiary/aromatic N) is 3. The Morgan fingerprint density at radius 3 is 2.62 bits per heavy atom. The van der Waals surface area contributed by atoms with Crippen LogP contribution in [0.1, 0.15) is 48.3 Å². The van der Waals surface area contributed by atoms with E-state index in [1.165, 1.54) is 25.3 Å². The van der Waals surface area contributed by atoms with Gasteiger partial charge in [-0.1, -0.05) is 0 Å². The predicted octanol–water partition coefficient (Wildman–Crippen LogP) is 3.08. The van der Waals surface area contributed by atoms with Crippen LogP contribution in [0, 0.1) is 0 Å². The fourth-order valence-corrected chi connectivity index (χ4v) is 4.25. The lowest BCUT2D eigenvalue weighted by atomic mass is 10.1. The Bertz CT molecular complexity index is 1340. The molecule has 0 bridgehead atoms. The molecular formula is C24H25F3N4O6. The van der Waals surface area contributed by atoms with Gasteiger partial charge >= 0.3 is 12.1 Å². The number of benzene rings is 1. The minimum Gasteiger partial charge on any atom is -0.494 e. The quantitative estimate of drug-likeness (QED) is 0.467. The Balaban J connectivity index is 1.81. The molecule has 3 N–H and O–H groups in total. The maximum atomic E-state index is 13.5. The van der Waals surface area contributed by atoms with E-state index in [2.05, 4.69) is 9.97 Å². The number of carbonyl (C=O) groups excluding carboxylic acids is 2. The van der Waals surface area contributed by atoms with Gasteiger partial charge in [0.25, 0.3) is 5.91 Å². The molecule has 198 valence electrons. The first-order chi connectivity index (χ1) is 17.5. The molecule has 4 rings (SSSR count). The number of esters is 1. The SMILES string of the molecule is CCOC(=O)[C@@H]1C[C@@H](O)CN1C(=O)c1nc(-c2ccc(OC)c3nc(C(F)(F)F)ccc23)oc1[C@H](C)N. The lowest BCUT2D eigenvalue weighted by Crippen LogP contribution is -2.42. The molecule has 0 spiro atoms. The Kier molecular flexibility index (Phi) is 7.11. The number of pyridine rings is 1. The van der Waals surface area contributed by atoms with Gasteiger partial charge in [0, 0.05) is 23.9 Å². The zero-order valence-electron chi connectivity index (χ0n) is 20.2. The summed E-state index contributed by atoms with van der Waals surface area (Å²) in [5.74, 6) is -1.34.